The number of benzene rings is 2. The first-order valence-corrected chi connectivity index (χ1v) is 14.5. The van der Waals surface area contributed by atoms with Crippen molar-refractivity contribution in [1.82, 2.24) is 0 Å². The number of carbonyl (C=O) groups is 2. The zero-order valence-corrected chi connectivity index (χ0v) is 23.9. The van der Waals surface area contributed by atoms with Gasteiger partial charge in [-0.25, -0.2) is 4.79 Å². The Morgan fingerprint density at radius 2 is 1.54 bits per heavy atom. The second kappa shape index (κ2) is 15.2. The van der Waals surface area contributed by atoms with Crippen molar-refractivity contribution in [2.24, 2.45) is 0 Å². The standard InChI is InChI=1S/C33H46O6/c1-32(36,23-17-9-7-5-4-6-8-12-18-26-19-13-10-14-20-26)25-33(2)28(24-29(34)39-33)38-31(35)30(37-3)27-21-15-11-16-22-27/h10-11,13-16,19-22,28,30,36H,4-9,12,17-18,23-25H2,1-3H3/t28-,30+,32-,33-/m1/s1. The molecule has 0 unspecified atom stereocenters. The highest BCUT2D eigenvalue weighted by molar-refractivity contribution is 5.79. The van der Waals surface area contributed by atoms with Crippen LogP contribution < -0.4 is 0 Å². The summed E-state index contributed by atoms with van der Waals surface area (Å²) in [7, 11) is 1.45. The van der Waals surface area contributed by atoms with Gasteiger partial charge in [0.25, 0.3) is 0 Å². The van der Waals surface area contributed by atoms with Crippen molar-refractivity contribution >= 4 is 11.9 Å². The van der Waals surface area contributed by atoms with E-state index in [0.29, 0.717) is 12.0 Å². The predicted molar refractivity (Wildman–Crippen MR) is 152 cm³/mol. The molecule has 4 atom stereocenters. The number of hydrogen-bond acceptors (Lipinski definition) is 6. The zero-order chi connectivity index (χ0) is 28.1. The molecule has 0 spiro atoms. The van der Waals surface area contributed by atoms with Gasteiger partial charge in [-0.05, 0) is 44.2 Å². The van der Waals surface area contributed by atoms with Crippen molar-refractivity contribution in [3.05, 3.63) is 71.8 Å². The Bertz CT molecular complexity index is 1010. The van der Waals surface area contributed by atoms with Crippen molar-refractivity contribution in [3.63, 3.8) is 0 Å². The van der Waals surface area contributed by atoms with Gasteiger partial charge >= 0.3 is 11.9 Å². The van der Waals surface area contributed by atoms with Crippen LogP contribution in [0.15, 0.2) is 60.7 Å². The molecule has 0 radical (unpaired) electrons. The van der Waals surface area contributed by atoms with Crippen LogP contribution in [0.25, 0.3) is 0 Å². The van der Waals surface area contributed by atoms with Gasteiger partial charge in [0.2, 0.25) is 0 Å². The molecule has 1 fully saturated rings. The van der Waals surface area contributed by atoms with Crippen LogP contribution in [0.4, 0.5) is 0 Å². The van der Waals surface area contributed by atoms with E-state index in [1.165, 1.54) is 44.8 Å². The summed E-state index contributed by atoms with van der Waals surface area (Å²) in [5.74, 6) is -0.999. The molecule has 6 heteroatoms. The van der Waals surface area contributed by atoms with Gasteiger partial charge in [0.05, 0.1) is 12.0 Å². The highest BCUT2D eigenvalue weighted by Gasteiger charge is 2.51. The van der Waals surface area contributed by atoms with Crippen LogP contribution in [0.5, 0.6) is 0 Å². The first-order chi connectivity index (χ1) is 18.7. The Labute approximate surface area is 234 Å². The molecular formula is C33H46O6. The van der Waals surface area contributed by atoms with Crippen LogP contribution >= 0.6 is 0 Å². The average molecular weight is 539 g/mol. The smallest absolute Gasteiger partial charge is 0.340 e. The van der Waals surface area contributed by atoms with Crippen LogP contribution in [0.1, 0.15) is 102 Å². The Kier molecular flexibility index (Phi) is 12.0. The van der Waals surface area contributed by atoms with Crippen LogP contribution in [0.2, 0.25) is 0 Å². The van der Waals surface area contributed by atoms with Crippen LogP contribution in [-0.2, 0) is 30.2 Å². The van der Waals surface area contributed by atoms with Gasteiger partial charge in [-0.3, -0.25) is 4.79 Å². The van der Waals surface area contributed by atoms with Gasteiger partial charge in [0.15, 0.2) is 12.2 Å². The van der Waals surface area contributed by atoms with Crippen molar-refractivity contribution < 1.29 is 28.9 Å². The number of unbranched alkanes of at least 4 members (excludes halogenated alkanes) is 7. The van der Waals surface area contributed by atoms with E-state index in [1.807, 2.05) is 18.2 Å². The van der Waals surface area contributed by atoms with Crippen molar-refractivity contribution in [2.75, 3.05) is 7.11 Å². The number of rotatable bonds is 17. The summed E-state index contributed by atoms with van der Waals surface area (Å²) in [6.07, 6.45) is 9.59. The van der Waals surface area contributed by atoms with E-state index in [9.17, 15) is 14.7 Å². The lowest BCUT2D eigenvalue weighted by molar-refractivity contribution is -0.177. The lowest BCUT2D eigenvalue weighted by Crippen LogP contribution is -2.46. The molecule has 0 amide bonds. The SMILES string of the molecule is CO[C@H](C(=O)O[C@@H]1CC(=O)O[C@]1(C)C[C@](C)(O)CCCCCCCCCCc1ccccc1)c1ccccc1. The quantitative estimate of drug-likeness (QED) is 0.175. The number of aryl methyl sites for hydroxylation is 1. The fourth-order valence-electron chi connectivity index (χ4n) is 5.63. The molecule has 6 nitrogen and oxygen atoms in total. The van der Waals surface area contributed by atoms with E-state index in [0.717, 1.165) is 25.7 Å². The summed E-state index contributed by atoms with van der Waals surface area (Å²) in [5, 5.41) is 11.1. The summed E-state index contributed by atoms with van der Waals surface area (Å²) in [6, 6.07) is 19.8. The summed E-state index contributed by atoms with van der Waals surface area (Å²) in [5.41, 5.74) is -0.0373. The number of esters is 2. The molecule has 2 aromatic carbocycles. The van der Waals surface area contributed by atoms with E-state index in [4.69, 9.17) is 14.2 Å². The fourth-order valence-corrected chi connectivity index (χ4v) is 5.63. The van der Waals surface area contributed by atoms with Crippen molar-refractivity contribution in [1.29, 1.82) is 0 Å². The minimum atomic E-state index is -1.09. The average Bonchev–Trinajstić information content (AvgIpc) is 3.17. The van der Waals surface area contributed by atoms with Gasteiger partial charge in [-0.2, -0.15) is 0 Å². The second-order valence-electron chi connectivity index (χ2n) is 11.4. The highest BCUT2D eigenvalue weighted by Crippen LogP contribution is 2.38. The molecule has 0 aliphatic carbocycles. The van der Waals surface area contributed by atoms with E-state index in [1.54, 1.807) is 26.0 Å². The molecule has 1 heterocycles. The van der Waals surface area contributed by atoms with Gasteiger partial charge in [-0.1, -0.05) is 106 Å². The third kappa shape index (κ3) is 10.1. The lowest BCUT2D eigenvalue weighted by Gasteiger charge is -2.36. The largest absolute Gasteiger partial charge is 0.455 e. The zero-order valence-electron chi connectivity index (χ0n) is 23.9. The molecule has 1 aliphatic heterocycles. The van der Waals surface area contributed by atoms with E-state index in [-0.39, 0.29) is 12.8 Å². The highest BCUT2D eigenvalue weighted by atomic mass is 16.6. The third-order valence-electron chi connectivity index (χ3n) is 7.70. The van der Waals surface area contributed by atoms with Crippen molar-refractivity contribution in [3.8, 4) is 0 Å². The fraction of sp³-hybridized carbons (Fsp3) is 0.576. The predicted octanol–water partition coefficient (Wildman–Crippen LogP) is 6.89. The molecule has 0 saturated carbocycles. The molecule has 0 bridgehead atoms. The molecule has 1 N–H and O–H groups in total. The molecule has 1 saturated heterocycles. The van der Waals surface area contributed by atoms with Crippen molar-refractivity contribution in [2.45, 2.75) is 114 Å². The molecular weight excluding hydrogens is 492 g/mol. The normalized spacial score (nSPS) is 21.2. The second-order valence-corrected chi connectivity index (χ2v) is 11.4. The number of carbonyl (C=O) groups excluding carboxylic acids is 2. The van der Waals surface area contributed by atoms with E-state index in [2.05, 4.69) is 30.3 Å². The Hall–Kier alpha value is -2.70. The Morgan fingerprint density at radius 1 is 0.974 bits per heavy atom. The maximum Gasteiger partial charge on any atom is 0.340 e. The van der Waals surface area contributed by atoms with Crippen LogP contribution in [-0.4, -0.2) is 41.5 Å². The molecule has 39 heavy (non-hydrogen) atoms. The van der Waals surface area contributed by atoms with Gasteiger partial charge in [-0.15, -0.1) is 0 Å². The van der Waals surface area contributed by atoms with Crippen LogP contribution in [0, 0.1) is 0 Å². The number of methoxy groups -OCH3 is 1. The molecule has 3 rings (SSSR count). The van der Waals surface area contributed by atoms with Crippen LogP contribution in [0.3, 0.4) is 0 Å². The Morgan fingerprint density at radius 3 is 2.15 bits per heavy atom. The molecule has 214 valence electrons. The number of aliphatic hydroxyl groups is 1. The first kappa shape index (κ1) is 30.8. The topological polar surface area (TPSA) is 82.1 Å². The molecule has 1 aliphatic rings. The van der Waals surface area contributed by atoms with Gasteiger partial charge in [0.1, 0.15) is 5.60 Å². The van der Waals surface area contributed by atoms with Gasteiger partial charge in [0, 0.05) is 13.5 Å². The lowest BCUT2D eigenvalue weighted by atomic mass is 9.82. The Balaban J connectivity index is 1.36. The monoisotopic (exact) mass is 538 g/mol. The van der Waals surface area contributed by atoms with Gasteiger partial charge < -0.3 is 19.3 Å². The summed E-state index contributed by atoms with van der Waals surface area (Å²) in [6.45, 7) is 3.52. The van der Waals surface area contributed by atoms with E-state index >= 15 is 0 Å². The third-order valence-corrected chi connectivity index (χ3v) is 7.70. The molecule has 0 aromatic heterocycles. The van der Waals surface area contributed by atoms with E-state index < -0.39 is 35.3 Å². The molecule has 2 aromatic rings. The summed E-state index contributed by atoms with van der Waals surface area (Å²) >= 11 is 0. The summed E-state index contributed by atoms with van der Waals surface area (Å²) < 4.78 is 16.8. The number of ether oxygens (including phenoxy) is 3. The number of hydrogen-bond donors (Lipinski definition) is 1. The minimum Gasteiger partial charge on any atom is -0.455 e. The number of cyclic esters (lactones) is 1. The maximum atomic E-state index is 12.9. The first-order valence-electron chi connectivity index (χ1n) is 14.5. The summed E-state index contributed by atoms with van der Waals surface area (Å²) in [4.78, 5) is 25.2. The minimum absolute atomic E-state index is 0.0328. The maximum absolute atomic E-state index is 12.9.